The SMILES string of the molecule is Cn1c2c(c3cc(S(=O)c4csc5ccccc45)cc(F)c31)C1CCC(C2)N1. The quantitative estimate of drug-likeness (QED) is 0.502. The third-order valence-electron chi connectivity index (χ3n) is 6.27. The van der Waals surface area contributed by atoms with Crippen molar-refractivity contribution in [3.8, 4) is 0 Å². The number of benzene rings is 2. The maximum absolute atomic E-state index is 15.2. The van der Waals surface area contributed by atoms with Gasteiger partial charge in [0.15, 0.2) is 0 Å². The maximum atomic E-state index is 15.2. The summed E-state index contributed by atoms with van der Waals surface area (Å²) < 4.78 is 31.7. The summed E-state index contributed by atoms with van der Waals surface area (Å²) in [5.74, 6) is -0.284. The molecule has 2 aliphatic heterocycles. The van der Waals surface area contributed by atoms with E-state index in [1.54, 1.807) is 11.3 Å². The van der Waals surface area contributed by atoms with E-state index in [2.05, 4.69) is 5.32 Å². The van der Waals surface area contributed by atoms with Gasteiger partial charge in [0.2, 0.25) is 0 Å². The van der Waals surface area contributed by atoms with Gasteiger partial charge in [0.1, 0.15) is 5.82 Å². The maximum Gasteiger partial charge on any atom is 0.148 e. The van der Waals surface area contributed by atoms with Crippen LogP contribution in [0.25, 0.3) is 21.0 Å². The first-order chi connectivity index (χ1) is 13.6. The number of hydrogen-bond acceptors (Lipinski definition) is 3. The van der Waals surface area contributed by atoms with Gasteiger partial charge in [-0.3, -0.25) is 0 Å². The van der Waals surface area contributed by atoms with Crippen LogP contribution >= 0.6 is 11.3 Å². The van der Waals surface area contributed by atoms with E-state index in [0.29, 0.717) is 16.5 Å². The Kier molecular flexibility index (Phi) is 3.61. The molecule has 2 aliphatic rings. The van der Waals surface area contributed by atoms with Gasteiger partial charge in [0.05, 0.1) is 21.2 Å². The normalized spacial score (nSPS) is 22.1. The van der Waals surface area contributed by atoms with Crippen LogP contribution in [-0.4, -0.2) is 14.8 Å². The molecular weight excluding hydrogens is 391 g/mol. The zero-order valence-electron chi connectivity index (χ0n) is 15.4. The van der Waals surface area contributed by atoms with Crippen molar-refractivity contribution >= 4 is 43.1 Å². The Bertz CT molecular complexity index is 1290. The van der Waals surface area contributed by atoms with E-state index in [1.807, 2.05) is 47.3 Å². The number of hydrogen-bond donors (Lipinski definition) is 1. The highest BCUT2D eigenvalue weighted by molar-refractivity contribution is 7.85. The number of aromatic nitrogens is 1. The minimum absolute atomic E-state index is 0.280. The Morgan fingerprint density at radius 2 is 2.07 bits per heavy atom. The van der Waals surface area contributed by atoms with E-state index in [0.717, 1.165) is 39.6 Å². The Morgan fingerprint density at radius 1 is 1.21 bits per heavy atom. The first-order valence-electron chi connectivity index (χ1n) is 9.56. The summed E-state index contributed by atoms with van der Waals surface area (Å²) in [5, 5.41) is 7.50. The number of nitrogens with zero attached hydrogens (tertiary/aromatic N) is 1. The van der Waals surface area contributed by atoms with Crippen LogP contribution in [0.15, 0.2) is 51.6 Å². The molecule has 4 aromatic rings. The van der Waals surface area contributed by atoms with Gasteiger partial charge in [0.25, 0.3) is 0 Å². The molecule has 142 valence electrons. The lowest BCUT2D eigenvalue weighted by atomic mass is 9.99. The van der Waals surface area contributed by atoms with Gasteiger partial charge >= 0.3 is 0 Å². The fourth-order valence-corrected chi connectivity index (χ4v) is 7.45. The Balaban J connectivity index is 1.56. The topological polar surface area (TPSA) is 34.0 Å². The third kappa shape index (κ3) is 2.25. The molecule has 6 heteroatoms. The standard InChI is InChI=1S/C22H19FN2OS2/c1-25-18-8-12-6-7-17(24-12)21(18)15-9-13(10-16(23)22(15)25)28(26)20-11-27-19-5-3-2-4-14(19)20/h2-5,9-12,17,24H,6-8H2,1H3. The molecule has 2 aromatic heterocycles. The van der Waals surface area contributed by atoms with E-state index < -0.39 is 10.8 Å². The van der Waals surface area contributed by atoms with E-state index >= 15 is 4.39 Å². The summed E-state index contributed by atoms with van der Waals surface area (Å²) in [7, 11) is 0.546. The Labute approximate surface area is 168 Å². The van der Waals surface area contributed by atoms with Crippen LogP contribution in [0.4, 0.5) is 4.39 Å². The van der Waals surface area contributed by atoms with Crippen molar-refractivity contribution in [3.63, 3.8) is 0 Å². The molecule has 0 radical (unpaired) electrons. The number of halogens is 1. The van der Waals surface area contributed by atoms with Gasteiger partial charge in [-0.15, -0.1) is 11.3 Å². The summed E-state index contributed by atoms with van der Waals surface area (Å²) in [6.07, 6.45) is 3.18. The largest absolute Gasteiger partial charge is 0.345 e. The Hall–Kier alpha value is -2.02. The zero-order valence-corrected chi connectivity index (χ0v) is 17.0. The molecule has 0 amide bonds. The molecule has 4 heterocycles. The molecule has 1 fully saturated rings. The molecule has 3 unspecified atom stereocenters. The van der Waals surface area contributed by atoms with Gasteiger partial charge in [-0.2, -0.15) is 0 Å². The van der Waals surface area contributed by atoms with Crippen LogP contribution < -0.4 is 5.32 Å². The van der Waals surface area contributed by atoms with E-state index in [-0.39, 0.29) is 11.9 Å². The van der Waals surface area contributed by atoms with Crippen LogP contribution in [0.2, 0.25) is 0 Å². The second-order valence-corrected chi connectivity index (χ2v) is 10.1. The van der Waals surface area contributed by atoms with Gasteiger partial charge in [-0.05, 0) is 36.6 Å². The van der Waals surface area contributed by atoms with Crippen LogP contribution in [0.3, 0.4) is 0 Å². The fraction of sp³-hybridized carbons (Fsp3) is 0.273. The second-order valence-electron chi connectivity index (χ2n) is 7.78. The predicted octanol–water partition coefficient (Wildman–Crippen LogP) is 5.05. The summed E-state index contributed by atoms with van der Waals surface area (Å²) in [6, 6.07) is 12.1. The third-order valence-corrected chi connectivity index (χ3v) is 8.78. The monoisotopic (exact) mass is 410 g/mol. The zero-order chi connectivity index (χ0) is 19.0. The van der Waals surface area contributed by atoms with Crippen LogP contribution in [0.1, 0.15) is 30.1 Å². The first-order valence-corrected chi connectivity index (χ1v) is 11.6. The van der Waals surface area contributed by atoms with E-state index in [4.69, 9.17) is 0 Å². The number of fused-ring (bicyclic) bond motifs is 7. The molecule has 2 bridgehead atoms. The van der Waals surface area contributed by atoms with Crippen molar-refractivity contribution in [2.24, 2.45) is 7.05 Å². The van der Waals surface area contributed by atoms with Crippen molar-refractivity contribution in [1.29, 1.82) is 0 Å². The molecule has 0 spiro atoms. The van der Waals surface area contributed by atoms with Crippen molar-refractivity contribution in [2.75, 3.05) is 0 Å². The summed E-state index contributed by atoms with van der Waals surface area (Å²) in [5.41, 5.74) is 3.07. The molecule has 28 heavy (non-hydrogen) atoms. The first kappa shape index (κ1) is 16.9. The van der Waals surface area contributed by atoms with Crippen molar-refractivity contribution in [2.45, 2.75) is 41.1 Å². The Morgan fingerprint density at radius 3 is 2.96 bits per heavy atom. The lowest BCUT2D eigenvalue weighted by molar-refractivity contribution is 0.503. The number of nitrogens with one attached hydrogen (secondary N) is 1. The van der Waals surface area contributed by atoms with Crippen molar-refractivity contribution in [1.82, 2.24) is 9.88 Å². The van der Waals surface area contributed by atoms with Gasteiger partial charge < -0.3 is 9.88 Å². The summed E-state index contributed by atoms with van der Waals surface area (Å²) in [4.78, 5) is 1.31. The molecule has 2 aromatic carbocycles. The smallest absolute Gasteiger partial charge is 0.148 e. The predicted molar refractivity (Wildman–Crippen MR) is 112 cm³/mol. The molecule has 6 rings (SSSR count). The van der Waals surface area contributed by atoms with Gasteiger partial charge in [-0.1, -0.05) is 18.2 Å². The average Bonchev–Trinajstić information content (AvgIpc) is 3.37. The molecule has 1 saturated heterocycles. The number of rotatable bonds is 2. The van der Waals surface area contributed by atoms with Crippen LogP contribution in [0.5, 0.6) is 0 Å². The van der Waals surface area contributed by atoms with Crippen LogP contribution in [-0.2, 0) is 24.3 Å². The number of thiophene rings is 1. The number of aryl methyl sites for hydroxylation is 1. The van der Waals surface area contributed by atoms with E-state index in [1.165, 1.54) is 17.3 Å². The molecule has 1 N–H and O–H groups in total. The molecule has 0 saturated carbocycles. The molecule has 3 nitrogen and oxygen atoms in total. The summed E-state index contributed by atoms with van der Waals surface area (Å²) >= 11 is 1.58. The van der Waals surface area contributed by atoms with E-state index in [9.17, 15) is 4.21 Å². The lowest BCUT2D eigenvalue weighted by Gasteiger charge is -2.23. The highest BCUT2D eigenvalue weighted by Gasteiger charge is 2.36. The van der Waals surface area contributed by atoms with Gasteiger partial charge in [0, 0.05) is 57.0 Å². The average molecular weight is 411 g/mol. The van der Waals surface area contributed by atoms with Crippen molar-refractivity contribution < 1.29 is 8.60 Å². The van der Waals surface area contributed by atoms with Crippen molar-refractivity contribution in [3.05, 3.63) is 58.9 Å². The fourth-order valence-electron chi connectivity index (χ4n) is 5.00. The minimum atomic E-state index is -1.41. The van der Waals surface area contributed by atoms with Crippen LogP contribution in [0, 0.1) is 5.82 Å². The van der Waals surface area contributed by atoms with Gasteiger partial charge in [-0.25, -0.2) is 8.60 Å². The molecule has 3 atom stereocenters. The summed E-state index contributed by atoms with van der Waals surface area (Å²) in [6.45, 7) is 0. The molecular formula is C22H19FN2OS2. The highest BCUT2D eigenvalue weighted by atomic mass is 32.2. The highest BCUT2D eigenvalue weighted by Crippen LogP contribution is 2.43. The second kappa shape index (κ2) is 5.99. The molecule has 0 aliphatic carbocycles. The lowest BCUT2D eigenvalue weighted by Crippen LogP contribution is -2.32. The minimum Gasteiger partial charge on any atom is -0.345 e.